The lowest BCUT2D eigenvalue weighted by Crippen LogP contribution is -2.36. The summed E-state index contributed by atoms with van der Waals surface area (Å²) in [5.41, 5.74) is 1.99. The van der Waals surface area contributed by atoms with E-state index in [-0.39, 0.29) is 6.61 Å². The Morgan fingerprint density at radius 3 is 2.82 bits per heavy atom. The lowest BCUT2D eigenvalue weighted by molar-refractivity contribution is -0.139. The fraction of sp³-hybridized carbons (Fsp3) is 0.409. The van der Waals surface area contributed by atoms with Crippen molar-refractivity contribution in [1.82, 2.24) is 5.32 Å². The number of hydrogen-bond acceptors (Lipinski definition) is 4. The lowest BCUT2D eigenvalue weighted by atomic mass is 9.81. The number of carbonyl (C=O) groups is 1. The molecule has 0 aliphatic heterocycles. The zero-order valence-corrected chi connectivity index (χ0v) is 16.4. The van der Waals surface area contributed by atoms with Crippen molar-refractivity contribution in [3.8, 4) is 5.75 Å². The van der Waals surface area contributed by atoms with E-state index < -0.39 is 12.1 Å². The molecule has 1 aliphatic carbocycles. The van der Waals surface area contributed by atoms with Crippen LogP contribution in [-0.4, -0.2) is 35.4 Å². The van der Waals surface area contributed by atoms with Gasteiger partial charge in [0.2, 0.25) is 0 Å². The summed E-state index contributed by atoms with van der Waals surface area (Å²) in [6.07, 6.45) is 3.66. The summed E-state index contributed by atoms with van der Waals surface area (Å²) in [6.45, 7) is 0.152. The number of ether oxygens (including phenoxy) is 1. The van der Waals surface area contributed by atoms with E-state index in [9.17, 15) is 9.90 Å². The number of aliphatic carboxylic acids is 1. The Labute approximate surface area is 170 Å². The number of rotatable bonds is 8. The van der Waals surface area contributed by atoms with E-state index >= 15 is 0 Å². The van der Waals surface area contributed by atoms with E-state index in [1.165, 1.54) is 5.56 Å². The third-order valence-electron chi connectivity index (χ3n) is 5.20. The molecular weight excluding hydrogens is 378 g/mol. The first-order valence-electron chi connectivity index (χ1n) is 9.62. The predicted molar refractivity (Wildman–Crippen MR) is 109 cm³/mol. The first-order chi connectivity index (χ1) is 13.5. The van der Waals surface area contributed by atoms with E-state index in [1.54, 1.807) is 18.2 Å². The van der Waals surface area contributed by atoms with Crippen LogP contribution in [-0.2, 0) is 4.79 Å². The molecule has 3 N–H and O–H groups in total. The highest BCUT2D eigenvalue weighted by Gasteiger charge is 2.24. The number of aliphatic hydroxyl groups excluding tert-OH is 1. The van der Waals surface area contributed by atoms with Crippen molar-refractivity contribution in [2.45, 2.75) is 43.7 Å². The third kappa shape index (κ3) is 5.96. The highest BCUT2D eigenvalue weighted by atomic mass is 35.5. The number of nitrogens with one attached hydrogen (secondary N) is 1. The maximum Gasteiger partial charge on any atom is 0.341 e. The number of carboxylic acids is 1. The molecule has 0 heterocycles. The molecule has 2 unspecified atom stereocenters. The molecule has 5 nitrogen and oxygen atoms in total. The van der Waals surface area contributed by atoms with Gasteiger partial charge in [-0.2, -0.15) is 0 Å². The maximum atomic E-state index is 10.7. The molecule has 1 fully saturated rings. The first kappa shape index (κ1) is 20.6. The van der Waals surface area contributed by atoms with E-state index in [4.69, 9.17) is 21.4 Å². The summed E-state index contributed by atoms with van der Waals surface area (Å²) in [5, 5.41) is 23.3. The fourth-order valence-electron chi connectivity index (χ4n) is 3.79. The van der Waals surface area contributed by atoms with Crippen molar-refractivity contribution in [2.75, 3.05) is 13.2 Å². The van der Waals surface area contributed by atoms with Gasteiger partial charge in [0.25, 0.3) is 0 Å². The minimum absolute atomic E-state index is 0.330. The molecule has 3 atom stereocenters. The minimum Gasteiger partial charge on any atom is -0.482 e. The Bertz CT molecular complexity index is 798. The standard InChI is InChI=1S/C22H26ClNO4/c23-18-7-1-6-17(10-18)21(25)13-24-19-8-2-4-15(11-19)16-5-3-9-20(12-16)28-14-22(26)27/h1,3,5-7,9-10,12,15,19,21,24-25H,2,4,8,11,13-14H2,(H,26,27)/t15?,19?,21-/m1/s1. The van der Waals surface area contributed by atoms with E-state index in [0.29, 0.717) is 29.3 Å². The molecule has 0 saturated heterocycles. The second-order valence-electron chi connectivity index (χ2n) is 7.29. The molecule has 1 saturated carbocycles. The molecule has 28 heavy (non-hydrogen) atoms. The van der Waals surface area contributed by atoms with Gasteiger partial charge in [-0.3, -0.25) is 0 Å². The molecule has 0 amide bonds. The highest BCUT2D eigenvalue weighted by molar-refractivity contribution is 6.30. The van der Waals surface area contributed by atoms with Crippen LogP contribution in [0.2, 0.25) is 5.02 Å². The Kier molecular flexibility index (Phi) is 7.31. The molecule has 6 heteroatoms. The molecule has 2 aromatic carbocycles. The minimum atomic E-state index is -0.981. The number of carboxylic acid groups (broad SMARTS) is 1. The second-order valence-corrected chi connectivity index (χ2v) is 7.73. The van der Waals surface area contributed by atoms with Gasteiger partial charge in [0.15, 0.2) is 6.61 Å². The van der Waals surface area contributed by atoms with Crippen LogP contribution in [0.25, 0.3) is 0 Å². The van der Waals surface area contributed by atoms with Crippen LogP contribution in [0.3, 0.4) is 0 Å². The zero-order chi connectivity index (χ0) is 19.9. The van der Waals surface area contributed by atoms with Gasteiger partial charge in [-0.15, -0.1) is 0 Å². The van der Waals surface area contributed by atoms with Gasteiger partial charge >= 0.3 is 5.97 Å². The van der Waals surface area contributed by atoms with Crippen molar-refractivity contribution in [3.05, 3.63) is 64.7 Å². The van der Waals surface area contributed by atoms with Gasteiger partial charge in [-0.05, 0) is 60.6 Å². The van der Waals surface area contributed by atoms with Crippen LogP contribution in [0, 0.1) is 0 Å². The smallest absolute Gasteiger partial charge is 0.341 e. The molecule has 0 bridgehead atoms. The van der Waals surface area contributed by atoms with Crippen LogP contribution in [0.1, 0.15) is 48.8 Å². The number of halogens is 1. The molecule has 3 rings (SSSR count). The van der Waals surface area contributed by atoms with Crippen molar-refractivity contribution >= 4 is 17.6 Å². The van der Waals surface area contributed by atoms with Crippen LogP contribution in [0.15, 0.2) is 48.5 Å². The van der Waals surface area contributed by atoms with Crippen LogP contribution in [0.5, 0.6) is 5.75 Å². The van der Waals surface area contributed by atoms with Crippen molar-refractivity contribution < 1.29 is 19.7 Å². The molecule has 150 valence electrons. The third-order valence-corrected chi connectivity index (χ3v) is 5.43. The van der Waals surface area contributed by atoms with Gasteiger partial charge in [0.1, 0.15) is 5.75 Å². The summed E-state index contributed by atoms with van der Waals surface area (Å²) in [4.78, 5) is 10.7. The van der Waals surface area contributed by atoms with Crippen LogP contribution < -0.4 is 10.1 Å². The van der Waals surface area contributed by atoms with Crippen molar-refractivity contribution in [1.29, 1.82) is 0 Å². The number of hydrogen-bond donors (Lipinski definition) is 3. The quantitative estimate of drug-likeness (QED) is 0.617. The average Bonchev–Trinajstić information content (AvgIpc) is 2.71. The predicted octanol–water partition coefficient (Wildman–Crippen LogP) is 4.15. The average molecular weight is 404 g/mol. The largest absolute Gasteiger partial charge is 0.482 e. The molecular formula is C22H26ClNO4. The Morgan fingerprint density at radius 1 is 1.21 bits per heavy atom. The lowest BCUT2D eigenvalue weighted by Gasteiger charge is -2.31. The van der Waals surface area contributed by atoms with Gasteiger partial charge in [0, 0.05) is 17.6 Å². The zero-order valence-electron chi connectivity index (χ0n) is 15.7. The molecule has 0 aromatic heterocycles. The number of benzene rings is 2. The summed E-state index contributed by atoms with van der Waals surface area (Å²) >= 11 is 6.00. The van der Waals surface area contributed by atoms with Crippen molar-refractivity contribution in [3.63, 3.8) is 0 Å². The van der Waals surface area contributed by atoms with E-state index in [1.807, 2.05) is 24.3 Å². The molecule has 2 aromatic rings. The van der Waals surface area contributed by atoms with Gasteiger partial charge < -0.3 is 20.3 Å². The monoisotopic (exact) mass is 403 g/mol. The Balaban J connectivity index is 1.55. The SMILES string of the molecule is O=C(O)COc1cccc(C2CCCC(NC[C@@H](O)c3cccc(Cl)c3)C2)c1. The molecule has 1 aliphatic rings. The second kappa shape index (κ2) is 9.92. The molecule has 0 spiro atoms. The maximum absolute atomic E-state index is 10.7. The normalized spacial score (nSPS) is 20.5. The van der Waals surface area contributed by atoms with Crippen LogP contribution >= 0.6 is 11.6 Å². The Hall–Kier alpha value is -2.08. The van der Waals surface area contributed by atoms with E-state index in [2.05, 4.69) is 11.4 Å². The van der Waals surface area contributed by atoms with Crippen molar-refractivity contribution in [2.24, 2.45) is 0 Å². The van der Waals surface area contributed by atoms with Crippen LogP contribution in [0.4, 0.5) is 0 Å². The number of aliphatic hydroxyl groups is 1. The molecule has 0 radical (unpaired) electrons. The van der Waals surface area contributed by atoms with E-state index in [0.717, 1.165) is 31.2 Å². The van der Waals surface area contributed by atoms with Gasteiger partial charge in [-0.25, -0.2) is 4.79 Å². The first-order valence-corrected chi connectivity index (χ1v) is 10.0. The summed E-state index contributed by atoms with van der Waals surface area (Å²) in [5.74, 6) is -0.0000958. The Morgan fingerprint density at radius 2 is 2.04 bits per heavy atom. The highest BCUT2D eigenvalue weighted by Crippen LogP contribution is 2.34. The summed E-state index contributed by atoms with van der Waals surface area (Å²) in [6, 6.07) is 15.3. The van der Waals surface area contributed by atoms with Gasteiger partial charge in [-0.1, -0.05) is 42.3 Å². The van der Waals surface area contributed by atoms with Gasteiger partial charge in [0.05, 0.1) is 6.10 Å². The summed E-state index contributed by atoms with van der Waals surface area (Å²) < 4.78 is 5.30. The summed E-state index contributed by atoms with van der Waals surface area (Å²) in [7, 11) is 0. The topological polar surface area (TPSA) is 78.8 Å². The fourth-order valence-corrected chi connectivity index (χ4v) is 3.99.